The zero-order valence-corrected chi connectivity index (χ0v) is 22.3. The van der Waals surface area contributed by atoms with E-state index >= 15 is 0 Å². The Balaban J connectivity index is 1.52. The smallest absolute Gasteiger partial charge is 0.331 e. The molecule has 5 rings (SSSR count). The van der Waals surface area contributed by atoms with Gasteiger partial charge in [-0.25, -0.2) is 9.59 Å². The van der Waals surface area contributed by atoms with Crippen LogP contribution in [0.1, 0.15) is 46.5 Å². The molecule has 0 radical (unpaired) electrons. The summed E-state index contributed by atoms with van der Waals surface area (Å²) in [5.74, 6) is -0.962. The van der Waals surface area contributed by atoms with E-state index in [2.05, 4.69) is 6.92 Å². The molecule has 0 aromatic carbocycles. The second-order valence-electron chi connectivity index (χ2n) is 11.4. The summed E-state index contributed by atoms with van der Waals surface area (Å²) in [6.07, 6.45) is 9.34. The minimum absolute atomic E-state index is 0.0601. The van der Waals surface area contributed by atoms with E-state index in [0.717, 1.165) is 11.1 Å². The van der Waals surface area contributed by atoms with E-state index in [1.54, 1.807) is 25.2 Å². The molecule has 2 bridgehead atoms. The number of ether oxygens (including phenoxy) is 5. The van der Waals surface area contributed by atoms with Gasteiger partial charge in [-0.2, -0.15) is 0 Å². The number of hydrogen-bond acceptors (Lipinski definition) is 9. The molecule has 0 aromatic heterocycles. The molecule has 9 nitrogen and oxygen atoms in total. The second kappa shape index (κ2) is 10.4. The van der Waals surface area contributed by atoms with E-state index in [4.69, 9.17) is 23.7 Å². The van der Waals surface area contributed by atoms with E-state index in [-0.39, 0.29) is 19.3 Å². The highest BCUT2D eigenvalue weighted by Gasteiger charge is 2.83. The largest absolute Gasteiger partial charge is 0.462 e. The van der Waals surface area contributed by atoms with Crippen LogP contribution in [0.5, 0.6) is 0 Å². The Bertz CT molecular complexity index is 1070. The van der Waals surface area contributed by atoms with Gasteiger partial charge in [0.1, 0.15) is 24.4 Å². The van der Waals surface area contributed by atoms with E-state index < -0.39 is 52.8 Å². The van der Waals surface area contributed by atoms with Crippen LogP contribution in [-0.4, -0.2) is 84.7 Å². The summed E-state index contributed by atoms with van der Waals surface area (Å²) in [7, 11) is 0. The molecule has 2 spiro atoms. The van der Waals surface area contributed by atoms with Gasteiger partial charge in [-0.15, -0.1) is 0 Å². The topological polar surface area (TPSA) is 124 Å². The molecule has 3 fully saturated rings. The first-order chi connectivity index (χ1) is 18.1. The molecule has 5 aliphatic rings. The molecule has 0 aromatic rings. The van der Waals surface area contributed by atoms with Crippen molar-refractivity contribution in [3.63, 3.8) is 0 Å². The van der Waals surface area contributed by atoms with Crippen molar-refractivity contribution in [2.45, 2.75) is 82.6 Å². The predicted molar refractivity (Wildman–Crippen MR) is 136 cm³/mol. The molecule has 3 heterocycles. The lowest BCUT2D eigenvalue weighted by atomic mass is 9.51. The highest BCUT2D eigenvalue weighted by atomic mass is 16.6. The van der Waals surface area contributed by atoms with Gasteiger partial charge in [0, 0.05) is 24.0 Å². The van der Waals surface area contributed by atoms with Crippen LogP contribution in [0.3, 0.4) is 0 Å². The molecule has 2 N–H and O–H groups in total. The van der Waals surface area contributed by atoms with Gasteiger partial charge in [0.15, 0.2) is 0 Å². The van der Waals surface area contributed by atoms with Crippen LogP contribution < -0.4 is 0 Å². The average Bonchev–Trinajstić information content (AvgIpc) is 3.66. The molecule has 208 valence electrons. The fourth-order valence-electron chi connectivity index (χ4n) is 6.90. The number of epoxide rings is 1. The average molecular weight is 531 g/mol. The third-order valence-corrected chi connectivity index (χ3v) is 9.32. The fraction of sp³-hybridized carbons (Fsp3) is 0.655. The van der Waals surface area contributed by atoms with E-state index in [1.807, 2.05) is 13.0 Å². The Hall–Kier alpha value is -2.30. The zero-order valence-electron chi connectivity index (χ0n) is 22.3. The first kappa shape index (κ1) is 27.3. The Labute approximate surface area is 223 Å². The van der Waals surface area contributed by atoms with Crippen LogP contribution in [0.2, 0.25) is 0 Å². The molecule has 0 unspecified atom stereocenters. The van der Waals surface area contributed by atoms with Gasteiger partial charge < -0.3 is 33.9 Å². The monoisotopic (exact) mass is 530 g/mol. The summed E-state index contributed by atoms with van der Waals surface area (Å²) in [6.45, 7) is 6.34. The summed E-state index contributed by atoms with van der Waals surface area (Å²) in [4.78, 5) is 25.9. The van der Waals surface area contributed by atoms with Crippen LogP contribution in [0, 0.1) is 10.8 Å². The molecular weight excluding hydrogens is 492 g/mol. The maximum atomic E-state index is 12.9. The Morgan fingerprint density at radius 1 is 1.13 bits per heavy atom. The highest BCUT2D eigenvalue weighted by Crippen LogP contribution is 2.72. The van der Waals surface area contributed by atoms with Gasteiger partial charge in [-0.05, 0) is 38.7 Å². The summed E-state index contributed by atoms with van der Waals surface area (Å²) in [5.41, 5.74) is -0.328. The van der Waals surface area contributed by atoms with Crippen LogP contribution in [0.15, 0.2) is 47.6 Å². The van der Waals surface area contributed by atoms with Gasteiger partial charge in [0.05, 0.1) is 43.5 Å². The summed E-state index contributed by atoms with van der Waals surface area (Å²) in [5, 5.41) is 19.9. The van der Waals surface area contributed by atoms with Crippen molar-refractivity contribution in [3.05, 3.63) is 47.6 Å². The van der Waals surface area contributed by atoms with Crippen molar-refractivity contribution in [1.29, 1.82) is 0 Å². The Kier molecular flexibility index (Phi) is 7.43. The number of allylic oxidation sites excluding steroid dienone is 2. The molecule has 38 heavy (non-hydrogen) atoms. The third-order valence-electron chi connectivity index (χ3n) is 9.32. The van der Waals surface area contributed by atoms with Crippen LogP contribution in [0.4, 0.5) is 0 Å². The lowest BCUT2D eigenvalue weighted by Gasteiger charge is -2.58. The van der Waals surface area contributed by atoms with Crippen molar-refractivity contribution >= 4 is 11.9 Å². The lowest BCUT2D eigenvalue weighted by Crippen LogP contribution is -2.66. The van der Waals surface area contributed by atoms with Gasteiger partial charge in [-0.3, -0.25) is 0 Å². The summed E-state index contributed by atoms with van der Waals surface area (Å²) < 4.78 is 30.4. The third kappa shape index (κ3) is 4.48. The molecule has 2 aliphatic carbocycles. The number of aliphatic hydroxyl groups excluding tert-OH is 2. The van der Waals surface area contributed by atoms with Gasteiger partial charge in [0.25, 0.3) is 0 Å². The van der Waals surface area contributed by atoms with E-state index in [1.165, 1.54) is 12.2 Å². The van der Waals surface area contributed by atoms with Crippen LogP contribution >= 0.6 is 0 Å². The van der Waals surface area contributed by atoms with Crippen LogP contribution in [-0.2, 0) is 33.3 Å². The number of esters is 2. The number of hydrogen-bond donors (Lipinski definition) is 2. The lowest BCUT2D eigenvalue weighted by molar-refractivity contribution is -0.232. The first-order valence-corrected chi connectivity index (χ1v) is 13.4. The van der Waals surface area contributed by atoms with Gasteiger partial charge in [0.2, 0.25) is 0 Å². The molecule has 0 amide bonds. The SMILES string of the molecule is CC1=CC(=O)OC[C@]23CCC(CO)=C[C@H]2O[C@@H]2C[C@@H](OC(=O)C=CC=C[C@H]([C@@H](C)O)OCC1)[C@@]3(C)[C@]21CO1. The zero-order chi connectivity index (χ0) is 27.1. The molecule has 3 aliphatic heterocycles. The molecular formula is C29H38O9. The number of rotatable bonds is 2. The summed E-state index contributed by atoms with van der Waals surface area (Å²) in [6, 6.07) is 0. The number of carbonyl (C=O) groups excluding carboxylic acids is 2. The van der Waals surface area contributed by atoms with Crippen molar-refractivity contribution < 1.29 is 43.5 Å². The van der Waals surface area contributed by atoms with E-state index in [9.17, 15) is 19.8 Å². The van der Waals surface area contributed by atoms with Crippen molar-refractivity contribution in [3.8, 4) is 0 Å². The maximum absolute atomic E-state index is 12.9. The van der Waals surface area contributed by atoms with E-state index in [0.29, 0.717) is 38.9 Å². The first-order valence-electron chi connectivity index (χ1n) is 13.4. The number of aliphatic hydroxyl groups is 2. The number of carbonyl (C=O) groups is 2. The second-order valence-corrected chi connectivity index (χ2v) is 11.4. The van der Waals surface area contributed by atoms with Crippen LogP contribution in [0.25, 0.3) is 0 Å². The quantitative estimate of drug-likeness (QED) is 0.314. The predicted octanol–water partition coefficient (Wildman–Crippen LogP) is 2.32. The minimum Gasteiger partial charge on any atom is -0.462 e. The van der Waals surface area contributed by atoms with Gasteiger partial charge >= 0.3 is 11.9 Å². The van der Waals surface area contributed by atoms with Crippen molar-refractivity contribution in [1.82, 2.24) is 0 Å². The Morgan fingerprint density at radius 2 is 1.92 bits per heavy atom. The Morgan fingerprint density at radius 3 is 2.63 bits per heavy atom. The summed E-state index contributed by atoms with van der Waals surface area (Å²) >= 11 is 0. The maximum Gasteiger partial charge on any atom is 0.331 e. The van der Waals surface area contributed by atoms with Gasteiger partial charge in [-0.1, -0.05) is 36.8 Å². The normalized spacial score (nSPS) is 42.2. The molecule has 8 atom stereocenters. The highest BCUT2D eigenvalue weighted by molar-refractivity contribution is 5.83. The fourth-order valence-corrected chi connectivity index (χ4v) is 6.90. The molecule has 1 saturated carbocycles. The molecule has 9 heteroatoms. The standard InChI is InChI=1S/C29H38O9/c1-18-9-11-34-21(19(2)31)6-4-5-7-25(32)38-22-14-24-29(17-36-29)27(22,3)28(16-35-26(33)12-18)10-8-20(15-30)13-23(28)37-24/h4-7,12-13,19,21-24,30-31H,8-11,14-17H2,1-3H3/t19-,21-,22-,23-,24-,27-,28-,29+/m1/s1. The molecule has 2 saturated heterocycles. The minimum atomic E-state index is -0.751. The number of cyclic esters (lactones) is 1. The van der Waals surface area contributed by atoms with Crippen molar-refractivity contribution in [2.24, 2.45) is 10.8 Å². The van der Waals surface area contributed by atoms with Crippen molar-refractivity contribution in [2.75, 3.05) is 26.4 Å².